The van der Waals surface area contributed by atoms with Gasteiger partial charge >= 0.3 is 6.18 Å². The number of nitrogens with zero attached hydrogens (tertiary/aromatic N) is 9. The van der Waals surface area contributed by atoms with E-state index in [2.05, 4.69) is 44.3 Å². The standard InChI is InChI=1S/C29H39F3N10/c1-5-7-23(29(30,31)32)22-17-42(26(22)41-11-6-8-19(2)16-41)25-13-21(12-24(37-25)34-9-10-35-39-33)28(14-20(3)15-28)27-38-36-18-40(27)4/h7,12-13,18-20H,5-6,8-11,14-17H2,1-4H3,(H,34,37)/b23-7+/t19-,20?,28?/m0/s1. The average molecular weight is 585 g/mol. The zero-order chi connectivity index (χ0) is 30.1. The third-order valence-electron chi connectivity index (χ3n) is 8.59. The average Bonchev–Trinajstić information content (AvgIpc) is 3.33. The van der Waals surface area contributed by atoms with Crippen LogP contribution in [0.25, 0.3) is 10.4 Å². The van der Waals surface area contributed by atoms with E-state index < -0.39 is 11.7 Å². The number of alkyl halides is 3. The summed E-state index contributed by atoms with van der Waals surface area (Å²) in [4.78, 5) is 11.7. The summed E-state index contributed by atoms with van der Waals surface area (Å²) in [6.07, 6.45) is 2.58. The highest BCUT2D eigenvalue weighted by molar-refractivity contribution is 5.65. The molecule has 1 saturated heterocycles. The number of nitrogens with one attached hydrogen (secondary N) is 1. The van der Waals surface area contributed by atoms with Crippen molar-refractivity contribution in [3.05, 3.63) is 63.3 Å². The van der Waals surface area contributed by atoms with Crippen molar-refractivity contribution >= 4 is 11.6 Å². The fourth-order valence-corrected chi connectivity index (χ4v) is 6.82. The molecule has 2 fully saturated rings. The highest BCUT2D eigenvalue weighted by Gasteiger charge is 2.49. The fraction of sp³-hybridized carbons (Fsp3) is 0.621. The summed E-state index contributed by atoms with van der Waals surface area (Å²) in [5.41, 5.74) is 9.08. The first kappa shape index (κ1) is 29.8. The molecule has 3 aliphatic rings. The smallest absolute Gasteiger partial charge is 0.370 e. The molecule has 5 rings (SSSR count). The third-order valence-corrected chi connectivity index (χ3v) is 8.59. The quantitative estimate of drug-likeness (QED) is 0.152. The van der Waals surface area contributed by atoms with Crippen molar-refractivity contribution in [3.63, 3.8) is 0 Å². The van der Waals surface area contributed by atoms with Gasteiger partial charge in [-0.25, -0.2) is 4.98 Å². The Hall–Kier alpha value is -3.73. The van der Waals surface area contributed by atoms with Crippen LogP contribution in [0.1, 0.15) is 64.3 Å². The van der Waals surface area contributed by atoms with E-state index in [0.717, 1.165) is 37.1 Å². The molecule has 2 aliphatic heterocycles. The van der Waals surface area contributed by atoms with E-state index in [-0.39, 0.29) is 18.5 Å². The Balaban J connectivity index is 1.62. The number of rotatable bonds is 10. The number of aromatic nitrogens is 4. The van der Waals surface area contributed by atoms with Crippen LogP contribution in [0, 0.1) is 11.8 Å². The molecule has 13 heteroatoms. The van der Waals surface area contributed by atoms with Crippen LogP contribution >= 0.6 is 0 Å². The lowest BCUT2D eigenvalue weighted by Gasteiger charge is -2.48. The van der Waals surface area contributed by atoms with Gasteiger partial charge in [-0.05, 0) is 67.2 Å². The summed E-state index contributed by atoms with van der Waals surface area (Å²) < 4.78 is 44.8. The van der Waals surface area contributed by atoms with Gasteiger partial charge in [0.1, 0.15) is 29.6 Å². The molecule has 1 saturated carbocycles. The molecule has 42 heavy (non-hydrogen) atoms. The molecular formula is C29H39F3N10. The largest absolute Gasteiger partial charge is 0.416 e. The van der Waals surface area contributed by atoms with E-state index >= 15 is 0 Å². The number of allylic oxidation sites excluding steroid dienone is 1. The molecule has 1 N–H and O–H groups in total. The summed E-state index contributed by atoms with van der Waals surface area (Å²) in [6, 6.07) is 4.01. The Labute approximate surface area is 244 Å². The topological polar surface area (TPSA) is 111 Å². The minimum absolute atomic E-state index is 0.119. The van der Waals surface area contributed by atoms with Gasteiger partial charge in [-0.2, -0.15) is 13.2 Å². The lowest BCUT2D eigenvalue weighted by Crippen LogP contribution is -2.50. The van der Waals surface area contributed by atoms with E-state index in [0.29, 0.717) is 60.9 Å². The van der Waals surface area contributed by atoms with Crippen molar-refractivity contribution in [2.75, 3.05) is 42.9 Å². The predicted molar refractivity (Wildman–Crippen MR) is 156 cm³/mol. The number of pyridine rings is 1. The second-order valence-corrected chi connectivity index (χ2v) is 11.9. The van der Waals surface area contributed by atoms with Gasteiger partial charge in [0.2, 0.25) is 0 Å². The first-order chi connectivity index (χ1) is 20.1. The number of aryl methyl sites for hydroxylation is 1. The molecule has 0 amide bonds. The lowest BCUT2D eigenvalue weighted by atomic mass is 9.58. The van der Waals surface area contributed by atoms with Gasteiger partial charge in [0.05, 0.1) is 17.5 Å². The molecular weight excluding hydrogens is 545 g/mol. The van der Waals surface area contributed by atoms with Gasteiger partial charge in [-0.1, -0.05) is 32.0 Å². The monoisotopic (exact) mass is 584 g/mol. The van der Waals surface area contributed by atoms with Gasteiger partial charge < -0.3 is 19.7 Å². The number of halogens is 3. The van der Waals surface area contributed by atoms with E-state index in [1.807, 2.05) is 28.6 Å². The Kier molecular flexibility index (Phi) is 8.41. The zero-order valence-electron chi connectivity index (χ0n) is 24.7. The van der Waals surface area contributed by atoms with Crippen LogP contribution in [0.2, 0.25) is 0 Å². The summed E-state index contributed by atoms with van der Waals surface area (Å²) in [5, 5.41) is 15.5. The van der Waals surface area contributed by atoms with E-state index in [1.54, 1.807) is 13.3 Å². The highest BCUT2D eigenvalue weighted by Crippen LogP contribution is 2.53. The Morgan fingerprint density at radius 1 is 1.26 bits per heavy atom. The van der Waals surface area contributed by atoms with Crippen molar-refractivity contribution in [2.45, 2.75) is 64.5 Å². The molecule has 226 valence electrons. The first-order valence-electron chi connectivity index (χ1n) is 14.7. The van der Waals surface area contributed by atoms with Crippen LogP contribution in [0.15, 0.2) is 46.6 Å². The molecule has 0 unspecified atom stereocenters. The molecule has 1 aliphatic carbocycles. The molecule has 10 nitrogen and oxygen atoms in total. The fourth-order valence-electron chi connectivity index (χ4n) is 6.82. The molecule has 0 spiro atoms. The number of hydrogen-bond donors (Lipinski definition) is 1. The maximum absolute atomic E-state index is 14.3. The molecule has 0 radical (unpaired) electrons. The molecule has 0 bridgehead atoms. The van der Waals surface area contributed by atoms with Crippen LogP contribution in [0.4, 0.5) is 24.8 Å². The van der Waals surface area contributed by atoms with Gasteiger partial charge in [0.15, 0.2) is 0 Å². The second-order valence-electron chi connectivity index (χ2n) is 11.9. The zero-order valence-corrected chi connectivity index (χ0v) is 24.7. The van der Waals surface area contributed by atoms with Gasteiger partial charge in [0, 0.05) is 43.7 Å². The van der Waals surface area contributed by atoms with Gasteiger partial charge in [-0.15, -0.1) is 10.2 Å². The van der Waals surface area contributed by atoms with Crippen molar-refractivity contribution in [1.82, 2.24) is 24.6 Å². The number of likely N-dealkylation sites (tertiary alicyclic amines) is 1. The SMILES string of the molecule is CC/C=C(\C1=C(N2CCC[C@H](C)C2)N(c2cc(C3(c4nncn4C)CC(C)C3)cc(NCCN=[N+]=[N-])n2)C1)C(F)(F)F. The van der Waals surface area contributed by atoms with Crippen molar-refractivity contribution in [3.8, 4) is 0 Å². The molecule has 4 heterocycles. The first-order valence-corrected chi connectivity index (χ1v) is 14.7. The minimum atomic E-state index is -4.44. The Morgan fingerprint density at radius 3 is 2.67 bits per heavy atom. The summed E-state index contributed by atoms with van der Waals surface area (Å²) >= 11 is 0. The van der Waals surface area contributed by atoms with Crippen LogP contribution in [0.5, 0.6) is 0 Å². The number of hydrogen-bond acceptors (Lipinski definition) is 7. The van der Waals surface area contributed by atoms with Crippen LogP contribution < -0.4 is 10.2 Å². The normalized spacial score (nSPS) is 24.7. The van der Waals surface area contributed by atoms with E-state index in [9.17, 15) is 13.2 Å². The second kappa shape index (κ2) is 11.9. The van der Waals surface area contributed by atoms with Crippen LogP contribution in [0.3, 0.4) is 0 Å². The number of azide groups is 1. The third kappa shape index (κ3) is 5.66. The van der Waals surface area contributed by atoms with Gasteiger partial charge in [0.25, 0.3) is 0 Å². The maximum atomic E-state index is 14.3. The lowest BCUT2D eigenvalue weighted by molar-refractivity contribution is -0.0903. The Bertz CT molecular complexity index is 1400. The summed E-state index contributed by atoms with van der Waals surface area (Å²) in [6.45, 7) is 8.22. The van der Waals surface area contributed by atoms with Gasteiger partial charge in [-0.3, -0.25) is 0 Å². The van der Waals surface area contributed by atoms with Crippen molar-refractivity contribution in [1.29, 1.82) is 0 Å². The molecule has 2 aromatic heterocycles. The molecule has 1 atom stereocenters. The van der Waals surface area contributed by atoms with Crippen LogP contribution in [-0.2, 0) is 12.5 Å². The minimum Gasteiger partial charge on any atom is -0.370 e. The molecule has 2 aromatic rings. The Morgan fingerprint density at radius 2 is 2.05 bits per heavy atom. The summed E-state index contributed by atoms with van der Waals surface area (Å²) in [7, 11) is 1.93. The van der Waals surface area contributed by atoms with Crippen molar-refractivity contribution in [2.24, 2.45) is 24.0 Å². The van der Waals surface area contributed by atoms with E-state index in [4.69, 9.17) is 10.5 Å². The predicted octanol–water partition coefficient (Wildman–Crippen LogP) is 6.31. The summed E-state index contributed by atoms with van der Waals surface area (Å²) in [5.74, 6) is 3.49. The number of anilines is 2. The highest BCUT2D eigenvalue weighted by atomic mass is 19.4. The maximum Gasteiger partial charge on any atom is 0.416 e. The molecule has 0 aromatic carbocycles. The van der Waals surface area contributed by atoms with E-state index in [1.165, 1.54) is 6.08 Å². The van der Waals surface area contributed by atoms with Crippen molar-refractivity contribution < 1.29 is 13.2 Å². The number of piperidine rings is 1. The van der Waals surface area contributed by atoms with Crippen LogP contribution in [-0.4, -0.2) is 63.5 Å².